The van der Waals surface area contributed by atoms with Crippen LogP contribution in [-0.2, 0) is 16.2 Å². The van der Waals surface area contributed by atoms with Crippen molar-refractivity contribution in [3.05, 3.63) is 34.4 Å². The number of anilines is 3. The first-order valence-corrected chi connectivity index (χ1v) is 12.1. The van der Waals surface area contributed by atoms with Gasteiger partial charge in [0.1, 0.15) is 11.3 Å². The van der Waals surface area contributed by atoms with E-state index in [2.05, 4.69) is 64.4 Å². The third kappa shape index (κ3) is 8.17. The van der Waals surface area contributed by atoms with E-state index in [1.54, 1.807) is 6.20 Å². The van der Waals surface area contributed by atoms with Crippen LogP contribution in [0, 0.1) is 0 Å². The van der Waals surface area contributed by atoms with Crippen molar-refractivity contribution in [1.29, 1.82) is 0 Å². The van der Waals surface area contributed by atoms with Gasteiger partial charge in [0.2, 0.25) is 5.95 Å². The van der Waals surface area contributed by atoms with Gasteiger partial charge in [0.15, 0.2) is 18.1 Å². The Balaban J connectivity index is 1.51. The molecular weight excluding hydrogens is 478 g/mol. The average Bonchev–Trinajstić information content (AvgIpc) is 3.19. The van der Waals surface area contributed by atoms with E-state index in [4.69, 9.17) is 5.73 Å². The standard InChI is InChI=1S/C23H35N11O3/c1-4-5-8-28-22-31-20(24)19-21(32-22)34(23(36)30-19)14-16-6-7-17(29-13-16)26-9-11-33(3)12-10-27-18(35)15-37-25-2/h6-7,13H,2,4-5,8-12,14-15H2,1,3H3,(H,26,29)(H,27,35)(H,30,36)(H3,24,28,31,32). The number of H-pyrrole nitrogens is 1. The largest absolute Gasteiger partial charge is 0.386 e. The Labute approximate surface area is 214 Å². The fourth-order valence-corrected chi connectivity index (χ4v) is 3.49. The minimum absolute atomic E-state index is 0.134. The molecule has 0 saturated heterocycles. The van der Waals surface area contributed by atoms with Crippen LogP contribution in [0.5, 0.6) is 0 Å². The van der Waals surface area contributed by atoms with Crippen molar-refractivity contribution in [2.24, 2.45) is 5.16 Å². The van der Waals surface area contributed by atoms with E-state index >= 15 is 0 Å². The van der Waals surface area contributed by atoms with Gasteiger partial charge in [0.25, 0.3) is 5.91 Å². The van der Waals surface area contributed by atoms with Gasteiger partial charge in [0.05, 0.1) is 6.54 Å². The fraction of sp³-hybridized carbons (Fsp3) is 0.478. The number of hydrogen-bond donors (Lipinski definition) is 5. The molecule has 200 valence electrons. The number of nitrogen functional groups attached to an aromatic ring is 1. The highest BCUT2D eigenvalue weighted by molar-refractivity contribution is 5.82. The third-order valence-corrected chi connectivity index (χ3v) is 5.53. The molecule has 0 aromatic carbocycles. The number of aromatic amines is 1. The molecule has 14 nitrogen and oxygen atoms in total. The minimum Gasteiger partial charge on any atom is -0.386 e. The van der Waals surface area contributed by atoms with Gasteiger partial charge in [-0.2, -0.15) is 9.97 Å². The summed E-state index contributed by atoms with van der Waals surface area (Å²) >= 11 is 0. The van der Waals surface area contributed by atoms with E-state index in [0.29, 0.717) is 43.3 Å². The molecule has 3 rings (SSSR count). The summed E-state index contributed by atoms with van der Waals surface area (Å²) in [6.07, 6.45) is 3.74. The summed E-state index contributed by atoms with van der Waals surface area (Å²) in [5, 5.41) is 12.3. The zero-order valence-electron chi connectivity index (χ0n) is 21.3. The number of hydrogen-bond acceptors (Lipinski definition) is 11. The Morgan fingerprint density at radius 2 is 2.05 bits per heavy atom. The van der Waals surface area contributed by atoms with E-state index in [1.807, 2.05) is 19.2 Å². The molecule has 0 saturated carbocycles. The molecule has 0 aliphatic carbocycles. The maximum atomic E-state index is 12.6. The lowest BCUT2D eigenvalue weighted by Gasteiger charge is -2.17. The number of fused-ring (bicyclic) bond motifs is 1. The van der Waals surface area contributed by atoms with Crippen molar-refractivity contribution in [2.45, 2.75) is 26.3 Å². The van der Waals surface area contributed by atoms with Gasteiger partial charge in [-0.15, -0.1) is 5.16 Å². The molecule has 1 amide bonds. The molecule has 0 bridgehead atoms. The van der Waals surface area contributed by atoms with Crippen LogP contribution in [0.4, 0.5) is 17.6 Å². The molecule has 3 aromatic rings. The summed E-state index contributed by atoms with van der Waals surface area (Å²) in [4.78, 5) is 46.7. The number of nitrogens with one attached hydrogen (secondary N) is 4. The highest BCUT2D eigenvalue weighted by Crippen LogP contribution is 2.17. The first-order chi connectivity index (χ1) is 17.9. The summed E-state index contributed by atoms with van der Waals surface area (Å²) in [5.74, 6) is 1.11. The maximum Gasteiger partial charge on any atom is 0.328 e. The molecule has 0 atom stereocenters. The van der Waals surface area contributed by atoms with Gasteiger partial charge in [0, 0.05) is 45.6 Å². The molecule has 6 N–H and O–H groups in total. The number of amides is 1. The van der Waals surface area contributed by atoms with Crippen molar-refractivity contribution < 1.29 is 9.63 Å². The molecule has 0 spiro atoms. The summed E-state index contributed by atoms with van der Waals surface area (Å²) < 4.78 is 1.52. The monoisotopic (exact) mass is 513 g/mol. The van der Waals surface area contributed by atoms with Crippen LogP contribution < -0.4 is 27.4 Å². The number of pyridine rings is 1. The fourth-order valence-electron chi connectivity index (χ4n) is 3.49. The summed E-state index contributed by atoms with van der Waals surface area (Å²) in [6.45, 7) is 8.75. The second kappa shape index (κ2) is 13.8. The number of imidazole rings is 1. The van der Waals surface area contributed by atoms with Crippen LogP contribution in [0.15, 0.2) is 28.3 Å². The Morgan fingerprint density at radius 1 is 1.24 bits per heavy atom. The lowest BCUT2D eigenvalue weighted by atomic mass is 10.3. The number of nitrogens with zero attached hydrogens (tertiary/aromatic N) is 6. The van der Waals surface area contributed by atoms with Gasteiger partial charge in [-0.1, -0.05) is 19.4 Å². The van der Waals surface area contributed by atoms with Gasteiger partial charge in [-0.05, 0) is 25.1 Å². The molecule has 3 heterocycles. The highest BCUT2D eigenvalue weighted by atomic mass is 16.6. The van der Waals surface area contributed by atoms with Crippen LogP contribution in [0.25, 0.3) is 11.2 Å². The Morgan fingerprint density at radius 3 is 2.78 bits per heavy atom. The Kier molecular flexibility index (Phi) is 10.2. The highest BCUT2D eigenvalue weighted by Gasteiger charge is 2.14. The van der Waals surface area contributed by atoms with Crippen LogP contribution >= 0.6 is 0 Å². The second-order valence-corrected chi connectivity index (χ2v) is 8.46. The molecular formula is C23H35N11O3. The van der Waals surface area contributed by atoms with Gasteiger partial charge >= 0.3 is 5.69 Å². The SMILES string of the molecule is C=NOCC(=O)NCCN(C)CCNc1ccc(Cn2c(=O)[nH]c3c(N)nc(NCCCC)nc32)cn1. The van der Waals surface area contributed by atoms with Crippen molar-refractivity contribution in [2.75, 3.05) is 62.7 Å². The quantitative estimate of drug-likeness (QED) is 0.102. The molecule has 0 aliphatic heterocycles. The van der Waals surface area contributed by atoms with Crippen LogP contribution in [0.3, 0.4) is 0 Å². The summed E-state index contributed by atoms with van der Waals surface area (Å²) in [7, 11) is 1.96. The Bertz CT molecular complexity index is 1220. The first-order valence-electron chi connectivity index (χ1n) is 12.1. The second-order valence-electron chi connectivity index (χ2n) is 8.46. The number of carbonyl (C=O) groups excluding carboxylic acids is 1. The number of carbonyl (C=O) groups is 1. The topological polar surface area (TPSA) is 180 Å². The van der Waals surface area contributed by atoms with Gasteiger partial charge in [-0.3, -0.25) is 9.36 Å². The first kappa shape index (κ1) is 27.4. The van der Waals surface area contributed by atoms with Crippen molar-refractivity contribution in [1.82, 2.24) is 34.7 Å². The zero-order chi connectivity index (χ0) is 26.6. The minimum atomic E-state index is -0.312. The van der Waals surface area contributed by atoms with E-state index < -0.39 is 0 Å². The predicted molar refractivity (Wildman–Crippen MR) is 144 cm³/mol. The van der Waals surface area contributed by atoms with Gasteiger partial charge < -0.3 is 36.4 Å². The zero-order valence-corrected chi connectivity index (χ0v) is 21.3. The van der Waals surface area contributed by atoms with E-state index in [1.165, 1.54) is 4.57 Å². The van der Waals surface area contributed by atoms with Crippen LogP contribution in [0.1, 0.15) is 25.3 Å². The predicted octanol–water partition coefficient (Wildman–Crippen LogP) is 0.449. The molecule has 37 heavy (non-hydrogen) atoms. The maximum absolute atomic E-state index is 12.6. The lowest BCUT2D eigenvalue weighted by molar-refractivity contribution is -0.125. The molecule has 0 fully saturated rings. The smallest absolute Gasteiger partial charge is 0.328 e. The molecule has 0 radical (unpaired) electrons. The van der Waals surface area contributed by atoms with E-state index in [0.717, 1.165) is 37.3 Å². The molecule has 0 aliphatic rings. The normalized spacial score (nSPS) is 11.0. The van der Waals surface area contributed by atoms with E-state index in [-0.39, 0.29) is 24.0 Å². The number of rotatable bonds is 16. The van der Waals surface area contributed by atoms with Crippen molar-refractivity contribution >= 4 is 41.4 Å². The molecule has 14 heteroatoms. The lowest BCUT2D eigenvalue weighted by Crippen LogP contribution is -2.36. The van der Waals surface area contributed by atoms with Crippen molar-refractivity contribution in [3.8, 4) is 0 Å². The molecule has 0 unspecified atom stereocenters. The summed E-state index contributed by atoms with van der Waals surface area (Å²) in [5.41, 5.74) is 7.45. The average molecular weight is 514 g/mol. The third-order valence-electron chi connectivity index (χ3n) is 5.53. The Hall–Kier alpha value is -4.20. The van der Waals surface area contributed by atoms with Crippen molar-refractivity contribution in [3.63, 3.8) is 0 Å². The number of oxime groups is 1. The van der Waals surface area contributed by atoms with Gasteiger partial charge in [-0.25, -0.2) is 9.78 Å². The number of unbranched alkanes of at least 4 members (excludes halogenated alkanes) is 1. The van der Waals surface area contributed by atoms with E-state index in [9.17, 15) is 9.59 Å². The van der Waals surface area contributed by atoms with Crippen LogP contribution in [-0.4, -0.2) is 88.4 Å². The summed E-state index contributed by atoms with van der Waals surface area (Å²) in [6, 6.07) is 3.77. The molecule has 3 aromatic heterocycles. The number of nitrogens with two attached hydrogens (primary N) is 1. The number of aromatic nitrogens is 5. The van der Waals surface area contributed by atoms with Crippen LogP contribution in [0.2, 0.25) is 0 Å². The number of likely N-dealkylation sites (N-methyl/N-ethyl adjacent to an activating group) is 1.